The van der Waals surface area contributed by atoms with Gasteiger partial charge < -0.3 is 10.1 Å². The molecule has 1 fully saturated rings. The van der Waals surface area contributed by atoms with Gasteiger partial charge in [-0.1, -0.05) is 24.1 Å². The Morgan fingerprint density at radius 2 is 1.71 bits per heavy atom. The zero-order chi connectivity index (χ0) is 25.6. The van der Waals surface area contributed by atoms with Crippen LogP contribution in [0.4, 0.5) is 5.69 Å². The monoisotopic (exact) mass is 543 g/mol. The Hall–Kier alpha value is -2.34. The summed E-state index contributed by atoms with van der Waals surface area (Å²) in [5, 5.41) is 3.03. The second-order valence-corrected chi connectivity index (χ2v) is 12.5. The first-order valence-corrected chi connectivity index (χ1v) is 14.9. The van der Waals surface area contributed by atoms with Gasteiger partial charge >= 0.3 is 0 Å². The van der Waals surface area contributed by atoms with Gasteiger partial charge in [0.2, 0.25) is 26.0 Å². The minimum Gasteiger partial charge on any atom is -0.492 e. The molecule has 0 spiro atoms. The number of nitrogens with zero attached hydrogens (tertiary/aromatic N) is 2. The molecule has 0 aliphatic carbocycles. The molecule has 1 saturated heterocycles. The second-order valence-electron chi connectivity index (χ2n) is 8.29. The third kappa shape index (κ3) is 7.09. The molecule has 2 aromatic rings. The number of carbonyl (C=O) groups is 1. The maximum absolute atomic E-state index is 12.7. The van der Waals surface area contributed by atoms with E-state index in [0.29, 0.717) is 35.1 Å². The van der Waals surface area contributed by atoms with E-state index in [2.05, 4.69) is 5.32 Å². The van der Waals surface area contributed by atoms with Crippen LogP contribution in [0.1, 0.15) is 24.8 Å². The first-order valence-electron chi connectivity index (χ1n) is 11.2. The maximum atomic E-state index is 12.7. The smallest absolute Gasteiger partial charge is 0.243 e. The van der Waals surface area contributed by atoms with Crippen LogP contribution >= 0.6 is 11.6 Å². The molecule has 12 heteroatoms. The number of halogens is 1. The molecule has 0 unspecified atom stereocenters. The number of rotatable bonds is 10. The highest BCUT2D eigenvalue weighted by Crippen LogP contribution is 2.28. The van der Waals surface area contributed by atoms with E-state index >= 15 is 0 Å². The van der Waals surface area contributed by atoms with Crippen LogP contribution in [-0.2, 0) is 24.8 Å². The van der Waals surface area contributed by atoms with E-state index < -0.39 is 32.5 Å². The van der Waals surface area contributed by atoms with Gasteiger partial charge in [-0.05, 0) is 61.7 Å². The fourth-order valence-corrected chi connectivity index (χ4v) is 6.35. The third-order valence-corrected chi connectivity index (χ3v) is 9.11. The highest BCUT2D eigenvalue weighted by molar-refractivity contribution is 7.92. The van der Waals surface area contributed by atoms with E-state index in [1.54, 1.807) is 37.3 Å². The normalized spacial score (nSPS) is 14.9. The molecule has 0 radical (unpaired) electrons. The highest BCUT2D eigenvalue weighted by atomic mass is 35.5. The SMILES string of the molecule is Cc1c(Cl)cccc1N(CC(=O)NCCOc1ccc(S(=O)(=O)N2CCCCC2)cc1)S(C)(=O)=O. The molecule has 0 saturated carbocycles. The Kier molecular flexibility index (Phi) is 9.03. The molecule has 1 heterocycles. The lowest BCUT2D eigenvalue weighted by molar-refractivity contribution is -0.119. The van der Waals surface area contributed by atoms with Crippen molar-refractivity contribution in [2.24, 2.45) is 0 Å². The number of ether oxygens (including phenoxy) is 1. The molecule has 3 rings (SSSR count). The van der Waals surface area contributed by atoms with Crippen molar-refractivity contribution in [3.05, 3.63) is 53.1 Å². The number of hydrogen-bond donors (Lipinski definition) is 1. The molecule has 35 heavy (non-hydrogen) atoms. The molecule has 1 amide bonds. The van der Waals surface area contributed by atoms with Gasteiger partial charge in [-0.25, -0.2) is 16.8 Å². The first-order chi connectivity index (χ1) is 16.5. The molecular weight excluding hydrogens is 514 g/mol. The number of amides is 1. The van der Waals surface area contributed by atoms with Gasteiger partial charge in [0.1, 0.15) is 18.9 Å². The van der Waals surface area contributed by atoms with Gasteiger partial charge in [0.05, 0.1) is 23.4 Å². The molecule has 9 nitrogen and oxygen atoms in total. The van der Waals surface area contributed by atoms with Crippen molar-refractivity contribution < 1.29 is 26.4 Å². The van der Waals surface area contributed by atoms with Gasteiger partial charge in [-0.15, -0.1) is 0 Å². The number of anilines is 1. The van der Waals surface area contributed by atoms with Crippen molar-refractivity contribution in [2.75, 3.05) is 43.3 Å². The number of hydrogen-bond acceptors (Lipinski definition) is 6. The Balaban J connectivity index is 1.52. The van der Waals surface area contributed by atoms with Crippen LogP contribution in [0.5, 0.6) is 5.75 Å². The summed E-state index contributed by atoms with van der Waals surface area (Å²) >= 11 is 6.10. The first kappa shape index (κ1) is 27.3. The van der Waals surface area contributed by atoms with Gasteiger partial charge in [0.25, 0.3) is 0 Å². The number of nitrogens with one attached hydrogen (secondary N) is 1. The molecule has 2 aromatic carbocycles. The Labute approximate surface area is 212 Å². The summed E-state index contributed by atoms with van der Waals surface area (Å²) in [5.41, 5.74) is 0.896. The number of piperidine rings is 1. The predicted molar refractivity (Wildman–Crippen MR) is 136 cm³/mol. The number of sulfonamides is 2. The van der Waals surface area contributed by atoms with E-state index in [-0.39, 0.29) is 18.0 Å². The summed E-state index contributed by atoms with van der Waals surface area (Å²) < 4.78 is 58.1. The van der Waals surface area contributed by atoms with Crippen molar-refractivity contribution in [3.63, 3.8) is 0 Å². The van der Waals surface area contributed by atoms with Crippen LogP contribution in [0.25, 0.3) is 0 Å². The fourth-order valence-electron chi connectivity index (χ4n) is 3.76. The molecule has 192 valence electrons. The number of benzene rings is 2. The second kappa shape index (κ2) is 11.6. The summed E-state index contributed by atoms with van der Waals surface area (Å²) in [4.78, 5) is 12.6. The Morgan fingerprint density at radius 1 is 1.06 bits per heavy atom. The van der Waals surface area contributed by atoms with E-state index in [9.17, 15) is 21.6 Å². The van der Waals surface area contributed by atoms with Crippen LogP contribution in [0.15, 0.2) is 47.4 Å². The van der Waals surface area contributed by atoms with E-state index in [4.69, 9.17) is 16.3 Å². The predicted octanol–water partition coefficient (Wildman–Crippen LogP) is 2.78. The lowest BCUT2D eigenvalue weighted by atomic mass is 10.2. The van der Waals surface area contributed by atoms with Crippen molar-refractivity contribution in [1.82, 2.24) is 9.62 Å². The van der Waals surface area contributed by atoms with Crippen molar-refractivity contribution in [1.29, 1.82) is 0 Å². The third-order valence-electron chi connectivity index (χ3n) is 5.66. The molecule has 1 aliphatic rings. The lowest BCUT2D eigenvalue weighted by Crippen LogP contribution is -2.41. The van der Waals surface area contributed by atoms with E-state index in [0.717, 1.165) is 29.8 Å². The van der Waals surface area contributed by atoms with Crippen molar-refractivity contribution >= 4 is 43.2 Å². The van der Waals surface area contributed by atoms with Gasteiger partial charge in [0.15, 0.2) is 0 Å². The molecule has 0 bridgehead atoms. The highest BCUT2D eigenvalue weighted by Gasteiger charge is 2.26. The van der Waals surface area contributed by atoms with Crippen LogP contribution in [0.2, 0.25) is 5.02 Å². The minimum absolute atomic E-state index is 0.124. The van der Waals surface area contributed by atoms with Crippen LogP contribution in [0.3, 0.4) is 0 Å². The number of carbonyl (C=O) groups excluding carboxylic acids is 1. The topological polar surface area (TPSA) is 113 Å². The zero-order valence-corrected chi connectivity index (χ0v) is 22.1. The minimum atomic E-state index is -3.72. The standard InChI is InChI=1S/C23H30ClN3O6S2/c1-18-21(24)7-6-8-22(18)27(34(2,29)30)17-23(28)25-13-16-33-19-9-11-20(12-10-19)35(31,32)26-14-4-3-5-15-26/h6-12H,3-5,13-17H2,1-2H3,(H,25,28). The zero-order valence-electron chi connectivity index (χ0n) is 19.7. The van der Waals surface area contributed by atoms with Gasteiger partial charge in [0, 0.05) is 18.1 Å². The fraction of sp³-hybridized carbons (Fsp3) is 0.435. The van der Waals surface area contributed by atoms with Crippen LogP contribution in [0, 0.1) is 6.92 Å². The average molecular weight is 544 g/mol. The Bertz CT molecular complexity index is 1240. The Morgan fingerprint density at radius 3 is 2.34 bits per heavy atom. The molecule has 0 aromatic heterocycles. The van der Waals surface area contributed by atoms with Crippen LogP contribution in [-0.4, -0.2) is 66.1 Å². The lowest BCUT2D eigenvalue weighted by Gasteiger charge is -2.25. The van der Waals surface area contributed by atoms with Crippen LogP contribution < -0.4 is 14.4 Å². The molecule has 1 N–H and O–H groups in total. The summed E-state index contributed by atoms with van der Waals surface area (Å²) in [5.74, 6) is -0.0365. The van der Waals surface area contributed by atoms with E-state index in [1.165, 1.54) is 16.4 Å². The largest absolute Gasteiger partial charge is 0.492 e. The quantitative estimate of drug-likeness (QED) is 0.461. The average Bonchev–Trinajstić information content (AvgIpc) is 2.82. The molecular formula is C23H30ClN3O6S2. The van der Waals surface area contributed by atoms with Gasteiger partial charge in [-0.2, -0.15) is 4.31 Å². The molecule has 0 atom stereocenters. The van der Waals surface area contributed by atoms with E-state index in [1.807, 2.05) is 0 Å². The summed E-state index contributed by atoms with van der Waals surface area (Å²) in [6.45, 7) is 2.62. The summed E-state index contributed by atoms with van der Waals surface area (Å²) in [7, 11) is -7.23. The summed E-state index contributed by atoms with van der Waals surface area (Å²) in [6.07, 6.45) is 3.81. The summed E-state index contributed by atoms with van der Waals surface area (Å²) in [6, 6.07) is 11.0. The maximum Gasteiger partial charge on any atom is 0.243 e. The van der Waals surface area contributed by atoms with Crippen molar-refractivity contribution in [3.8, 4) is 5.75 Å². The van der Waals surface area contributed by atoms with Gasteiger partial charge in [-0.3, -0.25) is 9.10 Å². The van der Waals surface area contributed by atoms with Crippen molar-refractivity contribution in [2.45, 2.75) is 31.1 Å². The molecule has 1 aliphatic heterocycles.